The second-order valence-electron chi connectivity index (χ2n) is 7.16. The van der Waals surface area contributed by atoms with Crippen LogP contribution in [0, 0.1) is 5.92 Å². The maximum atomic E-state index is 11.9. The second-order valence-corrected chi connectivity index (χ2v) is 7.16. The second kappa shape index (κ2) is 11.0. The summed E-state index contributed by atoms with van der Waals surface area (Å²) in [6, 6.07) is 8.73. The average Bonchev–Trinajstić information content (AvgIpc) is 2.59. The van der Waals surface area contributed by atoms with Gasteiger partial charge in [-0.1, -0.05) is 37.6 Å². The number of aryl methyl sites for hydroxylation is 1. The highest BCUT2D eigenvalue weighted by molar-refractivity contribution is 5.81. The van der Waals surface area contributed by atoms with Crippen molar-refractivity contribution in [3.8, 4) is 0 Å². The summed E-state index contributed by atoms with van der Waals surface area (Å²) in [6.07, 6.45) is 6.97. The summed E-state index contributed by atoms with van der Waals surface area (Å²) < 4.78 is 0. The molecular formula is C21H32N2O2. The number of rotatable bonds is 10. The largest absolute Gasteiger partial charge is 0.356 e. The molecule has 1 aliphatic carbocycles. The molecule has 1 fully saturated rings. The zero-order valence-electron chi connectivity index (χ0n) is 15.5. The zero-order valence-corrected chi connectivity index (χ0v) is 15.5. The Morgan fingerprint density at radius 2 is 2.08 bits per heavy atom. The van der Waals surface area contributed by atoms with Gasteiger partial charge in [0.1, 0.15) is 5.78 Å². The molecule has 138 valence electrons. The summed E-state index contributed by atoms with van der Waals surface area (Å²) in [5.74, 6) is 0.665. The highest BCUT2D eigenvalue weighted by Crippen LogP contribution is 2.23. The standard InChI is InChI=1S/C21H32N2O2/c1-2-6-17-7-3-9-19(13-17)16-22-11-5-12-23-21(25)15-18-8-4-10-20(24)14-18/h3,7,9,13,18,22H,2,4-6,8,10-12,14-16H2,1H3,(H,23,25). The van der Waals surface area contributed by atoms with Crippen molar-refractivity contribution >= 4 is 11.7 Å². The van der Waals surface area contributed by atoms with E-state index in [0.717, 1.165) is 38.8 Å². The summed E-state index contributed by atoms with van der Waals surface area (Å²) in [7, 11) is 0. The summed E-state index contributed by atoms with van der Waals surface area (Å²) in [5, 5.41) is 6.42. The number of carbonyl (C=O) groups is 2. The number of ketones is 1. The quantitative estimate of drug-likeness (QED) is 0.640. The van der Waals surface area contributed by atoms with E-state index >= 15 is 0 Å². The minimum absolute atomic E-state index is 0.0898. The van der Waals surface area contributed by atoms with Gasteiger partial charge in [-0.2, -0.15) is 0 Å². The van der Waals surface area contributed by atoms with Crippen LogP contribution in [0.4, 0.5) is 0 Å². The molecule has 0 aromatic heterocycles. The van der Waals surface area contributed by atoms with Crippen LogP contribution in [0.5, 0.6) is 0 Å². The Hall–Kier alpha value is -1.68. The molecule has 1 saturated carbocycles. The molecule has 1 unspecified atom stereocenters. The molecule has 0 aliphatic heterocycles. The van der Waals surface area contributed by atoms with E-state index in [9.17, 15) is 9.59 Å². The van der Waals surface area contributed by atoms with Crippen molar-refractivity contribution in [3.63, 3.8) is 0 Å². The van der Waals surface area contributed by atoms with Gasteiger partial charge in [0.2, 0.25) is 5.91 Å². The molecule has 0 heterocycles. The predicted octanol–water partition coefficient (Wildman–Crippen LogP) is 3.38. The van der Waals surface area contributed by atoms with Crippen LogP contribution in [0.25, 0.3) is 0 Å². The van der Waals surface area contributed by atoms with Gasteiger partial charge < -0.3 is 10.6 Å². The topological polar surface area (TPSA) is 58.2 Å². The lowest BCUT2D eigenvalue weighted by Gasteiger charge is -2.20. The number of hydrogen-bond donors (Lipinski definition) is 2. The predicted molar refractivity (Wildman–Crippen MR) is 101 cm³/mol. The van der Waals surface area contributed by atoms with E-state index in [4.69, 9.17) is 0 Å². The molecule has 4 heteroatoms. The molecule has 25 heavy (non-hydrogen) atoms. The number of benzene rings is 1. The van der Waals surface area contributed by atoms with E-state index in [1.54, 1.807) is 0 Å². The van der Waals surface area contributed by atoms with Gasteiger partial charge in [-0.3, -0.25) is 9.59 Å². The SMILES string of the molecule is CCCc1cccc(CNCCCNC(=O)CC2CCCC(=O)C2)c1. The average molecular weight is 344 g/mol. The van der Waals surface area contributed by atoms with Crippen LogP contribution in [-0.4, -0.2) is 24.8 Å². The fraction of sp³-hybridized carbons (Fsp3) is 0.619. The maximum absolute atomic E-state index is 11.9. The third-order valence-corrected chi connectivity index (χ3v) is 4.77. The van der Waals surface area contributed by atoms with Crippen LogP contribution in [0.2, 0.25) is 0 Å². The molecule has 0 spiro atoms. The molecule has 1 aromatic carbocycles. The van der Waals surface area contributed by atoms with Crippen molar-refractivity contribution < 1.29 is 9.59 Å². The van der Waals surface area contributed by atoms with Gasteiger partial charge in [0, 0.05) is 32.4 Å². The van der Waals surface area contributed by atoms with Crippen LogP contribution in [0.3, 0.4) is 0 Å². The molecule has 2 rings (SSSR count). The normalized spacial score (nSPS) is 17.5. The number of carbonyl (C=O) groups excluding carboxylic acids is 2. The Labute approximate surface area is 151 Å². The molecule has 4 nitrogen and oxygen atoms in total. The lowest BCUT2D eigenvalue weighted by atomic mass is 9.86. The van der Waals surface area contributed by atoms with Crippen LogP contribution in [0.1, 0.15) is 63.0 Å². The van der Waals surface area contributed by atoms with Gasteiger partial charge in [-0.15, -0.1) is 0 Å². The first-order valence-electron chi connectivity index (χ1n) is 9.74. The summed E-state index contributed by atoms with van der Waals surface area (Å²) in [4.78, 5) is 23.3. The van der Waals surface area contributed by atoms with Gasteiger partial charge in [-0.05, 0) is 49.3 Å². The number of nitrogens with one attached hydrogen (secondary N) is 2. The van der Waals surface area contributed by atoms with Crippen LogP contribution in [-0.2, 0) is 22.6 Å². The van der Waals surface area contributed by atoms with Gasteiger partial charge >= 0.3 is 0 Å². The smallest absolute Gasteiger partial charge is 0.220 e. The fourth-order valence-corrected chi connectivity index (χ4v) is 3.48. The lowest BCUT2D eigenvalue weighted by molar-refractivity contribution is -0.124. The van der Waals surface area contributed by atoms with E-state index < -0.39 is 0 Å². The van der Waals surface area contributed by atoms with Crippen LogP contribution in [0.15, 0.2) is 24.3 Å². The molecule has 1 aliphatic rings. The minimum atomic E-state index is 0.0898. The molecule has 0 bridgehead atoms. The van der Waals surface area contributed by atoms with Crippen molar-refractivity contribution in [3.05, 3.63) is 35.4 Å². The van der Waals surface area contributed by atoms with E-state index in [1.165, 1.54) is 17.5 Å². The minimum Gasteiger partial charge on any atom is -0.356 e. The zero-order chi connectivity index (χ0) is 17.9. The van der Waals surface area contributed by atoms with Gasteiger partial charge in [0.05, 0.1) is 0 Å². The third-order valence-electron chi connectivity index (χ3n) is 4.77. The highest BCUT2D eigenvalue weighted by atomic mass is 16.1. The number of amides is 1. The van der Waals surface area contributed by atoms with E-state index in [-0.39, 0.29) is 11.8 Å². The molecule has 1 amide bonds. The fourth-order valence-electron chi connectivity index (χ4n) is 3.48. The molecule has 0 saturated heterocycles. The molecule has 1 aromatic rings. The van der Waals surface area contributed by atoms with Gasteiger partial charge in [0.15, 0.2) is 0 Å². The molecule has 1 atom stereocenters. The first kappa shape index (κ1) is 19.6. The monoisotopic (exact) mass is 344 g/mol. The van der Waals surface area contributed by atoms with Crippen molar-refractivity contribution in [2.24, 2.45) is 5.92 Å². The Kier molecular flexibility index (Phi) is 8.67. The molecule has 0 radical (unpaired) electrons. The summed E-state index contributed by atoms with van der Waals surface area (Å²) >= 11 is 0. The van der Waals surface area contributed by atoms with Crippen molar-refractivity contribution in [2.45, 2.75) is 64.8 Å². The van der Waals surface area contributed by atoms with Gasteiger partial charge in [-0.25, -0.2) is 0 Å². The van der Waals surface area contributed by atoms with Crippen molar-refractivity contribution in [2.75, 3.05) is 13.1 Å². The highest BCUT2D eigenvalue weighted by Gasteiger charge is 2.21. The number of Topliss-reactive ketones (excluding diaryl/α,β-unsaturated/α-hetero) is 1. The Bertz CT molecular complexity index is 557. The van der Waals surface area contributed by atoms with Crippen LogP contribution < -0.4 is 10.6 Å². The first-order chi connectivity index (χ1) is 12.2. The molecule has 2 N–H and O–H groups in total. The van der Waals surface area contributed by atoms with E-state index in [2.05, 4.69) is 41.8 Å². The lowest BCUT2D eigenvalue weighted by Crippen LogP contribution is -2.30. The Morgan fingerprint density at radius 1 is 1.24 bits per heavy atom. The summed E-state index contributed by atoms with van der Waals surface area (Å²) in [5.41, 5.74) is 2.72. The summed E-state index contributed by atoms with van der Waals surface area (Å²) in [6.45, 7) is 4.66. The first-order valence-corrected chi connectivity index (χ1v) is 9.74. The molecular weight excluding hydrogens is 312 g/mol. The van der Waals surface area contributed by atoms with E-state index in [1.807, 2.05) is 0 Å². The maximum Gasteiger partial charge on any atom is 0.220 e. The van der Waals surface area contributed by atoms with E-state index in [0.29, 0.717) is 31.6 Å². The van der Waals surface area contributed by atoms with Crippen molar-refractivity contribution in [1.82, 2.24) is 10.6 Å². The Balaban J connectivity index is 1.53. The van der Waals surface area contributed by atoms with Gasteiger partial charge in [0.25, 0.3) is 0 Å². The third kappa shape index (κ3) is 7.82. The van der Waals surface area contributed by atoms with Crippen LogP contribution >= 0.6 is 0 Å². The Morgan fingerprint density at radius 3 is 2.88 bits per heavy atom. The number of hydrogen-bond acceptors (Lipinski definition) is 3. The van der Waals surface area contributed by atoms with Crippen molar-refractivity contribution in [1.29, 1.82) is 0 Å².